The monoisotopic (exact) mass is 371 g/mol. The number of carbonyl (C=O) groups is 1. The fraction of sp³-hybridized carbons (Fsp3) is 0.400. The summed E-state index contributed by atoms with van der Waals surface area (Å²) >= 11 is 1.49. The smallest absolute Gasteiger partial charge is 0.266 e. The summed E-state index contributed by atoms with van der Waals surface area (Å²) in [6.45, 7) is 3.27. The largest absolute Gasteiger partial charge is 0.381 e. The number of thiophene rings is 1. The second-order valence-corrected chi connectivity index (χ2v) is 7.61. The highest BCUT2D eigenvalue weighted by atomic mass is 32.1. The molecule has 3 rings (SSSR count). The van der Waals surface area contributed by atoms with Crippen molar-refractivity contribution in [2.45, 2.75) is 32.3 Å². The van der Waals surface area contributed by atoms with Crippen molar-refractivity contribution in [3.05, 3.63) is 58.3 Å². The Morgan fingerprint density at radius 1 is 1.27 bits per heavy atom. The molecular formula is C20H25N3O2S. The van der Waals surface area contributed by atoms with E-state index in [-0.39, 0.29) is 5.91 Å². The Hall–Kier alpha value is -2.34. The molecule has 26 heavy (non-hydrogen) atoms. The van der Waals surface area contributed by atoms with Crippen LogP contribution in [0.1, 0.15) is 30.2 Å². The lowest BCUT2D eigenvalue weighted by molar-refractivity contribution is -0.144. The van der Waals surface area contributed by atoms with Crippen LogP contribution in [-0.2, 0) is 16.1 Å². The third kappa shape index (κ3) is 4.85. The van der Waals surface area contributed by atoms with Crippen LogP contribution < -0.4 is 5.73 Å². The number of nitrogens with zero attached hydrogens (tertiary/aromatic N) is 2. The number of amidine groups is 1. The first kappa shape index (κ1) is 18.5. The summed E-state index contributed by atoms with van der Waals surface area (Å²) in [4.78, 5) is 20.6. The summed E-state index contributed by atoms with van der Waals surface area (Å²) in [6.07, 6.45) is 2.50. The van der Waals surface area contributed by atoms with Gasteiger partial charge in [0, 0.05) is 13.1 Å². The third-order valence-corrected chi connectivity index (χ3v) is 5.62. The summed E-state index contributed by atoms with van der Waals surface area (Å²) in [5.74, 6) is 0.914. The SMILES string of the molecule is CC(O/N=C(\N)c1cccs1)C(=O)N1CCC(Cc2ccccc2)CC1. The molecule has 0 spiro atoms. The molecule has 138 valence electrons. The number of likely N-dealkylation sites (tertiary alicyclic amines) is 1. The maximum atomic E-state index is 12.6. The van der Waals surface area contributed by atoms with Gasteiger partial charge in [0.1, 0.15) is 0 Å². The van der Waals surface area contributed by atoms with Gasteiger partial charge in [0.05, 0.1) is 4.88 Å². The van der Waals surface area contributed by atoms with Gasteiger partial charge >= 0.3 is 0 Å². The molecule has 2 aromatic rings. The van der Waals surface area contributed by atoms with E-state index in [2.05, 4.69) is 29.4 Å². The number of oxime groups is 1. The number of rotatable bonds is 6. The molecule has 1 fully saturated rings. The standard InChI is InChI=1S/C20H25N3O2S/c1-15(25-22-19(21)18-8-5-13-26-18)20(24)23-11-9-17(10-12-23)14-16-6-3-2-4-7-16/h2-8,13,15,17H,9-12,14H2,1H3,(H2,21,22). The molecule has 1 aromatic carbocycles. The van der Waals surface area contributed by atoms with Crippen LogP contribution in [0.15, 0.2) is 53.0 Å². The molecule has 1 atom stereocenters. The lowest BCUT2D eigenvalue weighted by atomic mass is 9.90. The Labute approximate surface area is 158 Å². The zero-order chi connectivity index (χ0) is 18.4. The van der Waals surface area contributed by atoms with Gasteiger partial charge in [-0.25, -0.2) is 0 Å². The van der Waals surface area contributed by atoms with Crippen LogP contribution in [0.2, 0.25) is 0 Å². The van der Waals surface area contributed by atoms with Gasteiger partial charge in [-0.3, -0.25) is 4.79 Å². The van der Waals surface area contributed by atoms with Crippen LogP contribution in [0, 0.1) is 5.92 Å². The summed E-state index contributed by atoms with van der Waals surface area (Å²) in [5.41, 5.74) is 7.24. The summed E-state index contributed by atoms with van der Waals surface area (Å²) in [7, 11) is 0. The fourth-order valence-electron chi connectivity index (χ4n) is 3.21. The average Bonchev–Trinajstić information content (AvgIpc) is 3.21. The molecule has 1 amide bonds. The molecule has 0 bridgehead atoms. The molecule has 2 heterocycles. The molecule has 1 unspecified atom stereocenters. The summed E-state index contributed by atoms with van der Waals surface area (Å²) in [6, 6.07) is 14.3. The normalized spacial score (nSPS) is 17.1. The van der Waals surface area contributed by atoms with Crippen LogP contribution in [0.3, 0.4) is 0 Å². The van der Waals surface area contributed by atoms with Gasteiger partial charge in [-0.1, -0.05) is 41.6 Å². The fourth-order valence-corrected chi connectivity index (χ4v) is 3.83. The molecule has 1 saturated heterocycles. The first-order valence-corrected chi connectivity index (χ1v) is 9.87. The van der Waals surface area contributed by atoms with Crippen molar-refractivity contribution in [2.75, 3.05) is 13.1 Å². The molecule has 2 N–H and O–H groups in total. The predicted octanol–water partition coefficient (Wildman–Crippen LogP) is 3.25. The van der Waals surface area contributed by atoms with Gasteiger partial charge in [0.2, 0.25) is 6.10 Å². The molecule has 1 aromatic heterocycles. The zero-order valence-electron chi connectivity index (χ0n) is 15.0. The molecule has 0 aliphatic carbocycles. The summed E-state index contributed by atoms with van der Waals surface area (Å²) in [5, 5.41) is 5.83. The first-order chi connectivity index (χ1) is 12.6. The maximum Gasteiger partial charge on any atom is 0.266 e. The second kappa shape index (κ2) is 8.85. The highest BCUT2D eigenvalue weighted by molar-refractivity contribution is 7.12. The van der Waals surface area contributed by atoms with E-state index in [9.17, 15) is 4.79 Å². The molecule has 1 aliphatic rings. The Bertz CT molecular complexity index is 723. The van der Waals surface area contributed by atoms with Gasteiger partial charge in [-0.05, 0) is 49.1 Å². The molecule has 0 saturated carbocycles. The van der Waals surface area contributed by atoms with E-state index in [1.165, 1.54) is 16.9 Å². The van der Waals surface area contributed by atoms with Gasteiger partial charge in [-0.2, -0.15) is 0 Å². The predicted molar refractivity (Wildman–Crippen MR) is 105 cm³/mol. The van der Waals surface area contributed by atoms with E-state index < -0.39 is 6.10 Å². The van der Waals surface area contributed by atoms with E-state index in [0.717, 1.165) is 37.2 Å². The number of hydrogen-bond donors (Lipinski definition) is 1. The minimum Gasteiger partial charge on any atom is -0.381 e. The summed E-state index contributed by atoms with van der Waals surface area (Å²) < 4.78 is 0. The van der Waals surface area contributed by atoms with E-state index in [1.807, 2.05) is 28.5 Å². The van der Waals surface area contributed by atoms with Gasteiger partial charge in [0.25, 0.3) is 5.91 Å². The van der Waals surface area contributed by atoms with Crippen molar-refractivity contribution < 1.29 is 9.63 Å². The van der Waals surface area contributed by atoms with Crippen molar-refractivity contribution in [1.29, 1.82) is 0 Å². The number of benzene rings is 1. The molecular weight excluding hydrogens is 346 g/mol. The van der Waals surface area contributed by atoms with Crippen LogP contribution in [0.4, 0.5) is 0 Å². The average molecular weight is 372 g/mol. The lowest BCUT2D eigenvalue weighted by Gasteiger charge is -2.33. The van der Waals surface area contributed by atoms with E-state index in [4.69, 9.17) is 10.6 Å². The molecule has 6 heteroatoms. The number of carbonyl (C=O) groups excluding carboxylic acids is 1. The molecule has 5 nitrogen and oxygen atoms in total. The third-order valence-electron chi connectivity index (χ3n) is 4.72. The number of piperidine rings is 1. The number of amides is 1. The van der Waals surface area contributed by atoms with Crippen molar-refractivity contribution in [2.24, 2.45) is 16.8 Å². The van der Waals surface area contributed by atoms with Crippen LogP contribution in [-0.4, -0.2) is 35.8 Å². The molecule has 0 radical (unpaired) electrons. The minimum atomic E-state index is -0.626. The second-order valence-electron chi connectivity index (χ2n) is 6.66. The Balaban J connectivity index is 1.46. The quantitative estimate of drug-likeness (QED) is 0.481. The minimum absolute atomic E-state index is 0.0223. The van der Waals surface area contributed by atoms with E-state index in [1.54, 1.807) is 6.92 Å². The van der Waals surface area contributed by atoms with Gasteiger partial charge in [-0.15, -0.1) is 11.3 Å². The van der Waals surface area contributed by atoms with Crippen molar-refractivity contribution in [3.63, 3.8) is 0 Å². The van der Waals surface area contributed by atoms with Crippen molar-refractivity contribution in [1.82, 2.24) is 4.90 Å². The number of hydrogen-bond acceptors (Lipinski definition) is 4. The van der Waals surface area contributed by atoms with Gasteiger partial charge < -0.3 is 15.5 Å². The zero-order valence-corrected chi connectivity index (χ0v) is 15.8. The van der Waals surface area contributed by atoms with Gasteiger partial charge in [0.15, 0.2) is 5.84 Å². The Morgan fingerprint density at radius 3 is 2.65 bits per heavy atom. The van der Waals surface area contributed by atoms with Crippen LogP contribution in [0.5, 0.6) is 0 Å². The first-order valence-electron chi connectivity index (χ1n) is 8.99. The van der Waals surface area contributed by atoms with Crippen LogP contribution >= 0.6 is 11.3 Å². The lowest BCUT2D eigenvalue weighted by Crippen LogP contribution is -2.43. The van der Waals surface area contributed by atoms with Crippen molar-refractivity contribution in [3.8, 4) is 0 Å². The number of nitrogens with two attached hydrogens (primary N) is 1. The topological polar surface area (TPSA) is 67.9 Å². The highest BCUT2D eigenvalue weighted by Gasteiger charge is 2.27. The van der Waals surface area contributed by atoms with E-state index >= 15 is 0 Å². The maximum absolute atomic E-state index is 12.6. The Morgan fingerprint density at radius 2 is 2.00 bits per heavy atom. The molecule has 1 aliphatic heterocycles. The highest BCUT2D eigenvalue weighted by Crippen LogP contribution is 2.22. The van der Waals surface area contributed by atoms with Crippen molar-refractivity contribution >= 4 is 23.1 Å². The van der Waals surface area contributed by atoms with E-state index in [0.29, 0.717) is 11.8 Å². The van der Waals surface area contributed by atoms with Crippen LogP contribution in [0.25, 0.3) is 0 Å². The Kier molecular flexibility index (Phi) is 6.28.